The normalized spacial score (nSPS) is 24.0. The molecule has 0 amide bonds. The topological polar surface area (TPSA) is 29.5 Å². The second-order valence-corrected chi connectivity index (χ2v) is 8.83. The van der Waals surface area contributed by atoms with Crippen molar-refractivity contribution in [3.8, 4) is 0 Å². The molecule has 1 aliphatic carbocycles. The van der Waals surface area contributed by atoms with Gasteiger partial charge in [0.15, 0.2) is 6.29 Å². The van der Waals surface area contributed by atoms with Gasteiger partial charge in [-0.1, -0.05) is 57.4 Å². The monoisotopic (exact) mass is 370 g/mol. The Balaban J connectivity index is 1.61. The Morgan fingerprint density at radius 3 is 2.96 bits per heavy atom. The largest absolute Gasteiger partial charge is 0.368 e. The quantitative estimate of drug-likeness (QED) is 0.582. The Bertz CT molecular complexity index is 619. The van der Waals surface area contributed by atoms with Crippen LogP contribution in [0.25, 0.3) is 5.57 Å². The lowest BCUT2D eigenvalue weighted by molar-refractivity contribution is -0.103. The molecule has 2 aliphatic rings. The third-order valence-corrected chi connectivity index (χ3v) is 6.36. The number of rotatable bonds is 8. The van der Waals surface area contributed by atoms with Crippen LogP contribution in [0.4, 0.5) is 0 Å². The molecule has 2 nitrogen and oxygen atoms in total. The first-order chi connectivity index (χ1) is 13.2. The summed E-state index contributed by atoms with van der Waals surface area (Å²) in [6, 6.07) is 7.15. The van der Waals surface area contributed by atoms with E-state index in [1.54, 1.807) is 5.57 Å². The van der Waals surface area contributed by atoms with Gasteiger partial charge >= 0.3 is 0 Å². The lowest BCUT2D eigenvalue weighted by Gasteiger charge is -2.21. The maximum absolute atomic E-state index is 9.69. The fraction of sp³-hybridized carbons (Fsp3) is 0.680. The second kappa shape index (κ2) is 10.4. The van der Waals surface area contributed by atoms with Crippen LogP contribution in [0.5, 0.6) is 0 Å². The van der Waals surface area contributed by atoms with Gasteiger partial charge in [0.1, 0.15) is 0 Å². The summed E-state index contributed by atoms with van der Waals surface area (Å²) in [4.78, 5) is 0. The average Bonchev–Trinajstić information content (AvgIpc) is 2.86. The highest BCUT2D eigenvalue weighted by atomic mass is 16.6. The highest BCUT2D eigenvalue weighted by Crippen LogP contribution is 2.32. The Kier molecular flexibility index (Phi) is 7.96. The fourth-order valence-electron chi connectivity index (χ4n) is 4.78. The molecule has 2 heteroatoms. The van der Waals surface area contributed by atoms with Crippen molar-refractivity contribution in [1.29, 1.82) is 0 Å². The molecule has 3 rings (SSSR count). The minimum atomic E-state index is -0.553. The number of aryl methyl sites for hydroxylation is 1. The molecule has 3 unspecified atom stereocenters. The maximum Gasteiger partial charge on any atom is 0.154 e. The predicted molar refractivity (Wildman–Crippen MR) is 114 cm³/mol. The number of hydrogen-bond donors (Lipinski definition) is 1. The first kappa shape index (κ1) is 20.6. The van der Waals surface area contributed by atoms with Crippen LogP contribution in [-0.4, -0.2) is 18.0 Å². The van der Waals surface area contributed by atoms with E-state index >= 15 is 0 Å². The van der Waals surface area contributed by atoms with Crippen molar-refractivity contribution in [2.45, 2.75) is 90.8 Å². The molecular formula is C25H38O2. The molecule has 1 heterocycles. The van der Waals surface area contributed by atoms with Crippen molar-refractivity contribution in [3.05, 3.63) is 41.0 Å². The molecule has 0 bridgehead atoms. The number of benzene rings is 1. The van der Waals surface area contributed by atoms with Gasteiger partial charge in [-0.05, 0) is 85.5 Å². The van der Waals surface area contributed by atoms with Crippen LogP contribution < -0.4 is 0 Å². The molecule has 1 aromatic rings. The number of fused-ring (bicyclic) bond motifs is 1. The molecule has 1 saturated heterocycles. The molecule has 150 valence electrons. The number of ether oxygens (including phenoxy) is 1. The lowest BCUT2D eigenvalue weighted by Crippen LogP contribution is -2.15. The predicted octanol–water partition coefficient (Wildman–Crippen LogP) is 6.30. The summed E-state index contributed by atoms with van der Waals surface area (Å²) in [5.74, 6) is 1.39. The van der Waals surface area contributed by atoms with Crippen LogP contribution in [0.15, 0.2) is 24.3 Å². The minimum absolute atomic E-state index is 0.533. The fourth-order valence-corrected chi connectivity index (χ4v) is 4.78. The van der Waals surface area contributed by atoms with E-state index < -0.39 is 6.29 Å². The third kappa shape index (κ3) is 6.19. The number of hydrogen-bond acceptors (Lipinski definition) is 2. The molecule has 1 fully saturated rings. The Morgan fingerprint density at radius 2 is 2.11 bits per heavy atom. The Hall–Kier alpha value is -1.12. The zero-order chi connectivity index (χ0) is 19.1. The van der Waals surface area contributed by atoms with Gasteiger partial charge in [0.25, 0.3) is 0 Å². The number of aliphatic hydroxyl groups excluding tert-OH is 1. The molecule has 1 aliphatic heterocycles. The van der Waals surface area contributed by atoms with Crippen molar-refractivity contribution in [2.24, 2.45) is 11.8 Å². The summed E-state index contributed by atoms with van der Waals surface area (Å²) in [6.07, 6.45) is 14.9. The van der Waals surface area contributed by atoms with Crippen molar-refractivity contribution in [1.82, 2.24) is 0 Å². The number of aliphatic hydroxyl groups is 1. The molecule has 0 radical (unpaired) electrons. The van der Waals surface area contributed by atoms with Gasteiger partial charge in [-0.3, -0.25) is 0 Å². The van der Waals surface area contributed by atoms with Crippen LogP contribution in [-0.2, 0) is 17.6 Å². The molecular weight excluding hydrogens is 332 g/mol. The Morgan fingerprint density at radius 1 is 1.22 bits per heavy atom. The highest BCUT2D eigenvalue weighted by molar-refractivity contribution is 5.70. The van der Waals surface area contributed by atoms with Crippen LogP contribution in [0, 0.1) is 11.8 Å². The molecule has 0 spiro atoms. The number of allylic oxidation sites excluding steroid dienone is 2. The van der Waals surface area contributed by atoms with E-state index in [0.29, 0.717) is 12.5 Å². The van der Waals surface area contributed by atoms with E-state index in [-0.39, 0.29) is 0 Å². The first-order valence-corrected chi connectivity index (χ1v) is 11.3. The van der Waals surface area contributed by atoms with Crippen LogP contribution >= 0.6 is 0 Å². The molecule has 1 aromatic carbocycles. The zero-order valence-corrected chi connectivity index (χ0v) is 17.4. The van der Waals surface area contributed by atoms with Gasteiger partial charge in [-0.15, -0.1) is 0 Å². The summed E-state index contributed by atoms with van der Waals surface area (Å²) < 4.78 is 5.56. The summed E-state index contributed by atoms with van der Waals surface area (Å²) in [7, 11) is 0. The lowest BCUT2D eigenvalue weighted by atomic mass is 9.84. The van der Waals surface area contributed by atoms with Gasteiger partial charge in [0.05, 0.1) is 6.61 Å². The van der Waals surface area contributed by atoms with Crippen LogP contribution in [0.3, 0.4) is 0 Å². The second-order valence-electron chi connectivity index (χ2n) is 8.83. The summed E-state index contributed by atoms with van der Waals surface area (Å²) in [5.41, 5.74) is 6.06. The van der Waals surface area contributed by atoms with E-state index in [2.05, 4.69) is 38.1 Å². The molecule has 1 N–H and O–H groups in total. The van der Waals surface area contributed by atoms with Gasteiger partial charge in [0, 0.05) is 0 Å². The van der Waals surface area contributed by atoms with Gasteiger partial charge in [-0.2, -0.15) is 0 Å². The van der Waals surface area contributed by atoms with Gasteiger partial charge in [-0.25, -0.2) is 0 Å². The Labute approximate surface area is 166 Å². The maximum atomic E-state index is 9.69. The SMILES string of the molecule is CCCC(C)CCCC1=CCCc2ccc(CC3CCCC(O)OC3)cc21. The van der Waals surface area contributed by atoms with Gasteiger partial charge < -0.3 is 9.84 Å². The summed E-state index contributed by atoms with van der Waals surface area (Å²) >= 11 is 0. The van der Waals surface area contributed by atoms with E-state index in [1.165, 1.54) is 61.6 Å². The van der Waals surface area contributed by atoms with E-state index in [1.807, 2.05) is 0 Å². The summed E-state index contributed by atoms with van der Waals surface area (Å²) in [5, 5.41) is 9.69. The molecule has 27 heavy (non-hydrogen) atoms. The molecule has 0 aromatic heterocycles. The summed E-state index contributed by atoms with van der Waals surface area (Å²) in [6.45, 7) is 5.38. The minimum Gasteiger partial charge on any atom is -0.368 e. The van der Waals surface area contributed by atoms with Crippen LogP contribution in [0.1, 0.15) is 88.3 Å². The van der Waals surface area contributed by atoms with Crippen molar-refractivity contribution < 1.29 is 9.84 Å². The van der Waals surface area contributed by atoms with Gasteiger partial charge in [0.2, 0.25) is 0 Å². The van der Waals surface area contributed by atoms with E-state index in [9.17, 15) is 5.11 Å². The average molecular weight is 371 g/mol. The first-order valence-electron chi connectivity index (χ1n) is 11.3. The smallest absolute Gasteiger partial charge is 0.154 e. The highest BCUT2D eigenvalue weighted by Gasteiger charge is 2.19. The third-order valence-electron chi connectivity index (χ3n) is 6.36. The van der Waals surface area contributed by atoms with Crippen molar-refractivity contribution in [2.75, 3.05) is 6.61 Å². The molecule has 3 atom stereocenters. The van der Waals surface area contributed by atoms with Crippen LogP contribution in [0.2, 0.25) is 0 Å². The molecule has 0 saturated carbocycles. The van der Waals surface area contributed by atoms with E-state index in [4.69, 9.17) is 4.74 Å². The van der Waals surface area contributed by atoms with Crippen molar-refractivity contribution in [3.63, 3.8) is 0 Å². The van der Waals surface area contributed by atoms with E-state index in [0.717, 1.165) is 31.6 Å². The van der Waals surface area contributed by atoms with Crippen molar-refractivity contribution >= 4 is 5.57 Å². The standard InChI is InChI=1S/C25H38O2/c1-3-7-19(2)8-4-10-22-11-6-12-23-15-14-20(17-24(22)23)16-21-9-5-13-25(26)27-18-21/h11,14-15,17,19,21,25-26H,3-10,12-13,16,18H2,1-2H3. The zero-order valence-electron chi connectivity index (χ0n) is 17.4.